The van der Waals surface area contributed by atoms with Crippen LogP contribution in [0.1, 0.15) is 25.3 Å². The average Bonchev–Trinajstić information content (AvgIpc) is 2.81. The predicted molar refractivity (Wildman–Crippen MR) is 74.4 cm³/mol. The van der Waals surface area contributed by atoms with E-state index in [2.05, 4.69) is 23.1 Å². The maximum Gasteiger partial charge on any atom is 0.133 e. The molecule has 0 spiro atoms. The third-order valence-corrected chi connectivity index (χ3v) is 4.34. The van der Waals surface area contributed by atoms with Gasteiger partial charge in [0.15, 0.2) is 0 Å². The SMILES string of the molecule is CC(=O)C1CCN(CC2Cc3ccccc3O2)CC1. The lowest BCUT2D eigenvalue weighted by Crippen LogP contribution is -2.41. The number of benzene rings is 1. The Bertz CT molecular complexity index is 439. The van der Waals surface area contributed by atoms with E-state index in [0.29, 0.717) is 5.78 Å². The van der Waals surface area contributed by atoms with Gasteiger partial charge in [-0.3, -0.25) is 9.69 Å². The minimum absolute atomic E-state index is 0.284. The van der Waals surface area contributed by atoms with Gasteiger partial charge in [-0.2, -0.15) is 0 Å². The number of ether oxygens (including phenoxy) is 1. The summed E-state index contributed by atoms with van der Waals surface area (Å²) in [6, 6.07) is 8.30. The van der Waals surface area contributed by atoms with Gasteiger partial charge in [0.2, 0.25) is 0 Å². The minimum Gasteiger partial charge on any atom is -0.488 e. The standard InChI is InChI=1S/C16H21NO2/c1-12(18)13-6-8-17(9-7-13)11-15-10-14-4-2-3-5-16(14)19-15/h2-5,13,15H,6-11H2,1H3. The second-order valence-corrected chi connectivity index (χ2v) is 5.74. The molecule has 2 aliphatic rings. The fraction of sp³-hybridized carbons (Fsp3) is 0.562. The van der Waals surface area contributed by atoms with Crippen LogP contribution in [0, 0.1) is 5.92 Å². The topological polar surface area (TPSA) is 29.5 Å². The highest BCUT2D eigenvalue weighted by molar-refractivity contribution is 5.78. The smallest absolute Gasteiger partial charge is 0.133 e. The van der Waals surface area contributed by atoms with Gasteiger partial charge in [0.25, 0.3) is 0 Å². The van der Waals surface area contributed by atoms with E-state index >= 15 is 0 Å². The van der Waals surface area contributed by atoms with Crippen LogP contribution >= 0.6 is 0 Å². The molecule has 0 radical (unpaired) electrons. The molecule has 19 heavy (non-hydrogen) atoms. The van der Waals surface area contributed by atoms with E-state index in [1.54, 1.807) is 6.92 Å². The number of hydrogen-bond donors (Lipinski definition) is 0. The summed E-state index contributed by atoms with van der Waals surface area (Å²) >= 11 is 0. The Kier molecular flexibility index (Phi) is 3.56. The number of hydrogen-bond acceptors (Lipinski definition) is 3. The van der Waals surface area contributed by atoms with Crippen LogP contribution in [0.25, 0.3) is 0 Å². The first-order valence-electron chi connectivity index (χ1n) is 7.20. The zero-order valence-corrected chi connectivity index (χ0v) is 11.5. The summed E-state index contributed by atoms with van der Waals surface area (Å²) in [4.78, 5) is 13.8. The van der Waals surface area contributed by atoms with Gasteiger partial charge in [-0.15, -0.1) is 0 Å². The molecule has 3 rings (SSSR count). The number of fused-ring (bicyclic) bond motifs is 1. The maximum absolute atomic E-state index is 11.4. The highest BCUT2D eigenvalue weighted by Gasteiger charge is 2.27. The van der Waals surface area contributed by atoms with Crippen molar-refractivity contribution in [3.63, 3.8) is 0 Å². The maximum atomic E-state index is 11.4. The van der Waals surface area contributed by atoms with Crippen molar-refractivity contribution in [3.05, 3.63) is 29.8 Å². The molecular formula is C16H21NO2. The Morgan fingerprint density at radius 2 is 2.05 bits per heavy atom. The number of rotatable bonds is 3. The van der Waals surface area contributed by atoms with E-state index in [1.807, 2.05) is 6.07 Å². The molecule has 1 aromatic rings. The van der Waals surface area contributed by atoms with Gasteiger partial charge in [-0.25, -0.2) is 0 Å². The molecule has 2 heterocycles. The van der Waals surface area contributed by atoms with Crippen LogP contribution in [-0.2, 0) is 11.2 Å². The summed E-state index contributed by atoms with van der Waals surface area (Å²) in [7, 11) is 0. The molecule has 3 heteroatoms. The normalized spacial score (nSPS) is 23.9. The molecule has 0 aromatic heterocycles. The Labute approximate surface area is 114 Å². The van der Waals surface area contributed by atoms with Crippen LogP contribution in [0.15, 0.2) is 24.3 Å². The molecule has 1 atom stereocenters. The molecule has 0 saturated carbocycles. The van der Waals surface area contributed by atoms with E-state index < -0.39 is 0 Å². The van der Waals surface area contributed by atoms with Crippen molar-refractivity contribution in [2.45, 2.75) is 32.3 Å². The molecule has 0 N–H and O–H groups in total. The van der Waals surface area contributed by atoms with Crippen LogP contribution < -0.4 is 4.74 Å². The molecule has 0 bridgehead atoms. The molecule has 3 nitrogen and oxygen atoms in total. The Morgan fingerprint density at radius 1 is 1.32 bits per heavy atom. The summed E-state index contributed by atoms with van der Waals surface area (Å²) in [6.45, 7) is 4.76. The van der Waals surface area contributed by atoms with Crippen molar-refractivity contribution in [2.24, 2.45) is 5.92 Å². The second-order valence-electron chi connectivity index (χ2n) is 5.74. The largest absolute Gasteiger partial charge is 0.488 e. The fourth-order valence-corrected chi connectivity index (χ4v) is 3.17. The van der Waals surface area contributed by atoms with E-state index in [9.17, 15) is 4.79 Å². The first-order chi connectivity index (χ1) is 9.22. The van der Waals surface area contributed by atoms with Crippen LogP contribution in [0.5, 0.6) is 5.75 Å². The van der Waals surface area contributed by atoms with Gasteiger partial charge < -0.3 is 4.74 Å². The van der Waals surface area contributed by atoms with Crippen LogP contribution in [0.3, 0.4) is 0 Å². The van der Waals surface area contributed by atoms with Gasteiger partial charge >= 0.3 is 0 Å². The van der Waals surface area contributed by atoms with Crippen LogP contribution in [0.2, 0.25) is 0 Å². The quantitative estimate of drug-likeness (QED) is 0.834. The molecule has 1 aromatic carbocycles. The van der Waals surface area contributed by atoms with Gasteiger partial charge in [-0.05, 0) is 44.5 Å². The second kappa shape index (κ2) is 5.33. The Morgan fingerprint density at radius 3 is 2.74 bits per heavy atom. The number of carbonyl (C=O) groups excluding carboxylic acids is 1. The monoisotopic (exact) mass is 259 g/mol. The molecule has 1 fully saturated rings. The zero-order valence-electron chi connectivity index (χ0n) is 11.5. The van der Waals surface area contributed by atoms with Gasteiger partial charge in [0.05, 0.1) is 0 Å². The number of piperidine rings is 1. The van der Waals surface area contributed by atoms with E-state index in [1.165, 1.54) is 5.56 Å². The lowest BCUT2D eigenvalue weighted by molar-refractivity contribution is -0.122. The molecule has 1 saturated heterocycles. The molecular weight excluding hydrogens is 238 g/mol. The number of carbonyl (C=O) groups is 1. The average molecular weight is 259 g/mol. The fourth-order valence-electron chi connectivity index (χ4n) is 3.17. The van der Waals surface area contributed by atoms with E-state index in [0.717, 1.165) is 44.6 Å². The summed E-state index contributed by atoms with van der Waals surface area (Å²) in [6.07, 6.45) is 3.32. The first kappa shape index (κ1) is 12.7. The molecule has 1 unspecified atom stereocenters. The zero-order chi connectivity index (χ0) is 13.2. The number of nitrogens with zero attached hydrogens (tertiary/aromatic N) is 1. The summed E-state index contributed by atoms with van der Waals surface area (Å²) < 4.78 is 5.98. The summed E-state index contributed by atoms with van der Waals surface area (Å²) in [5.41, 5.74) is 1.33. The predicted octanol–water partition coefficient (Wildman–Crippen LogP) is 2.29. The number of likely N-dealkylation sites (tertiary alicyclic amines) is 1. The van der Waals surface area contributed by atoms with Crippen molar-refractivity contribution in [2.75, 3.05) is 19.6 Å². The van der Waals surface area contributed by atoms with Gasteiger partial charge in [-0.1, -0.05) is 18.2 Å². The van der Waals surface area contributed by atoms with Crippen molar-refractivity contribution < 1.29 is 9.53 Å². The summed E-state index contributed by atoms with van der Waals surface area (Å²) in [5.74, 6) is 1.69. The highest BCUT2D eigenvalue weighted by Crippen LogP contribution is 2.29. The van der Waals surface area contributed by atoms with Crippen LogP contribution in [0.4, 0.5) is 0 Å². The Balaban J connectivity index is 1.51. The van der Waals surface area contributed by atoms with Crippen LogP contribution in [-0.4, -0.2) is 36.4 Å². The molecule has 0 amide bonds. The van der Waals surface area contributed by atoms with Crippen molar-refractivity contribution in [1.82, 2.24) is 4.90 Å². The van der Waals surface area contributed by atoms with Crippen molar-refractivity contribution in [3.8, 4) is 5.75 Å². The number of ketones is 1. The first-order valence-corrected chi connectivity index (χ1v) is 7.20. The highest BCUT2D eigenvalue weighted by atomic mass is 16.5. The molecule has 2 aliphatic heterocycles. The third-order valence-electron chi connectivity index (χ3n) is 4.34. The third kappa shape index (κ3) is 2.81. The Hall–Kier alpha value is -1.35. The van der Waals surface area contributed by atoms with Gasteiger partial charge in [0, 0.05) is 18.9 Å². The van der Waals surface area contributed by atoms with Crippen molar-refractivity contribution >= 4 is 5.78 Å². The lowest BCUT2D eigenvalue weighted by atomic mass is 9.93. The van der Waals surface area contributed by atoms with E-state index in [-0.39, 0.29) is 12.0 Å². The van der Waals surface area contributed by atoms with Gasteiger partial charge in [0.1, 0.15) is 17.6 Å². The minimum atomic E-state index is 0.284. The van der Waals surface area contributed by atoms with E-state index in [4.69, 9.17) is 4.74 Å². The summed E-state index contributed by atoms with van der Waals surface area (Å²) in [5, 5.41) is 0. The number of Topliss-reactive ketones (excluding diaryl/α,β-unsaturated/α-hetero) is 1. The molecule has 102 valence electrons. The molecule has 0 aliphatic carbocycles. The lowest BCUT2D eigenvalue weighted by Gasteiger charge is -2.32. The van der Waals surface area contributed by atoms with Crippen molar-refractivity contribution in [1.29, 1.82) is 0 Å². The number of para-hydroxylation sites is 1.